The Bertz CT molecular complexity index is 534. The number of imidazole rings is 1. The second-order valence-electron chi connectivity index (χ2n) is 3.84. The number of carbonyl (C=O) groups is 1. The molecule has 0 aliphatic heterocycles. The molecule has 6 heteroatoms. The molecule has 2 N–H and O–H groups in total. The third-order valence-electron chi connectivity index (χ3n) is 2.74. The molecular weight excluding hydrogens is 250 g/mol. The second-order valence-corrected chi connectivity index (χ2v) is 4.62. The third-order valence-corrected chi connectivity index (χ3v) is 3.45. The molecule has 0 aromatic carbocycles. The van der Waals surface area contributed by atoms with Gasteiger partial charge in [-0.1, -0.05) is 0 Å². The summed E-state index contributed by atoms with van der Waals surface area (Å²) in [6.07, 6.45) is 1.57. The van der Waals surface area contributed by atoms with E-state index in [1.54, 1.807) is 29.2 Å². The zero-order chi connectivity index (χ0) is 13.1. The minimum absolute atomic E-state index is 0.0481. The average Bonchev–Trinajstić information content (AvgIpc) is 2.97. The molecule has 5 nitrogen and oxygen atoms in total. The SMILES string of the molecule is CCOC(=O)c1ncn(C(C)c2ccsc2)c1N. The molecule has 0 amide bonds. The van der Waals surface area contributed by atoms with Gasteiger partial charge in [0.2, 0.25) is 0 Å². The molecule has 0 spiro atoms. The van der Waals surface area contributed by atoms with E-state index in [4.69, 9.17) is 10.5 Å². The van der Waals surface area contributed by atoms with E-state index in [1.807, 2.05) is 23.8 Å². The number of ether oxygens (including phenoxy) is 1. The van der Waals surface area contributed by atoms with Crippen LogP contribution in [0.4, 0.5) is 5.82 Å². The topological polar surface area (TPSA) is 70.1 Å². The van der Waals surface area contributed by atoms with Gasteiger partial charge in [-0.25, -0.2) is 9.78 Å². The van der Waals surface area contributed by atoms with Crippen molar-refractivity contribution in [2.45, 2.75) is 19.9 Å². The van der Waals surface area contributed by atoms with E-state index >= 15 is 0 Å². The van der Waals surface area contributed by atoms with Crippen molar-refractivity contribution in [1.29, 1.82) is 0 Å². The van der Waals surface area contributed by atoms with Gasteiger partial charge in [-0.15, -0.1) is 0 Å². The number of anilines is 1. The van der Waals surface area contributed by atoms with Gasteiger partial charge in [-0.05, 0) is 36.2 Å². The third kappa shape index (κ3) is 2.24. The first-order chi connectivity index (χ1) is 8.65. The van der Waals surface area contributed by atoms with E-state index in [0.717, 1.165) is 5.56 Å². The van der Waals surface area contributed by atoms with Crippen LogP contribution in [0.2, 0.25) is 0 Å². The lowest BCUT2D eigenvalue weighted by molar-refractivity contribution is 0.0521. The normalized spacial score (nSPS) is 12.3. The van der Waals surface area contributed by atoms with Crippen molar-refractivity contribution in [2.24, 2.45) is 0 Å². The molecule has 0 radical (unpaired) electrons. The summed E-state index contributed by atoms with van der Waals surface area (Å²) in [5.41, 5.74) is 7.26. The summed E-state index contributed by atoms with van der Waals surface area (Å²) in [7, 11) is 0. The highest BCUT2D eigenvalue weighted by atomic mass is 32.1. The number of hydrogen-bond donors (Lipinski definition) is 1. The Kier molecular flexibility index (Phi) is 3.66. The fourth-order valence-corrected chi connectivity index (χ4v) is 2.46. The number of hydrogen-bond acceptors (Lipinski definition) is 5. The Morgan fingerprint density at radius 2 is 2.44 bits per heavy atom. The van der Waals surface area contributed by atoms with Crippen molar-refractivity contribution in [2.75, 3.05) is 12.3 Å². The molecule has 2 aromatic rings. The van der Waals surface area contributed by atoms with E-state index in [2.05, 4.69) is 4.98 Å². The van der Waals surface area contributed by atoms with Crippen LogP contribution in [-0.4, -0.2) is 22.1 Å². The van der Waals surface area contributed by atoms with Crippen molar-refractivity contribution in [1.82, 2.24) is 9.55 Å². The Hall–Kier alpha value is -1.82. The molecule has 2 aromatic heterocycles. The smallest absolute Gasteiger partial charge is 0.360 e. The Morgan fingerprint density at radius 1 is 1.67 bits per heavy atom. The maximum atomic E-state index is 11.6. The number of esters is 1. The number of nitrogen functional groups attached to an aromatic ring is 1. The molecule has 18 heavy (non-hydrogen) atoms. The highest BCUT2D eigenvalue weighted by molar-refractivity contribution is 7.07. The first-order valence-corrected chi connectivity index (χ1v) is 6.61. The monoisotopic (exact) mass is 265 g/mol. The van der Waals surface area contributed by atoms with Gasteiger partial charge >= 0.3 is 5.97 Å². The van der Waals surface area contributed by atoms with Gasteiger partial charge in [0.1, 0.15) is 5.82 Å². The summed E-state index contributed by atoms with van der Waals surface area (Å²) in [6, 6.07) is 2.07. The number of aromatic nitrogens is 2. The fourth-order valence-electron chi connectivity index (χ4n) is 1.71. The average molecular weight is 265 g/mol. The van der Waals surface area contributed by atoms with Gasteiger partial charge < -0.3 is 15.0 Å². The van der Waals surface area contributed by atoms with Gasteiger partial charge in [0.05, 0.1) is 19.0 Å². The molecule has 2 heterocycles. The fraction of sp³-hybridized carbons (Fsp3) is 0.333. The molecule has 0 bridgehead atoms. The molecule has 0 aliphatic rings. The molecule has 2 rings (SSSR count). The van der Waals surface area contributed by atoms with Crippen LogP contribution in [0, 0.1) is 0 Å². The number of carbonyl (C=O) groups excluding carboxylic acids is 1. The summed E-state index contributed by atoms with van der Waals surface area (Å²) < 4.78 is 6.67. The highest BCUT2D eigenvalue weighted by Crippen LogP contribution is 2.24. The Labute approximate surface area is 109 Å². The van der Waals surface area contributed by atoms with E-state index in [9.17, 15) is 4.79 Å². The van der Waals surface area contributed by atoms with Crippen LogP contribution < -0.4 is 5.73 Å². The molecule has 96 valence electrons. The van der Waals surface area contributed by atoms with Crippen molar-refractivity contribution in [3.63, 3.8) is 0 Å². The minimum atomic E-state index is -0.480. The molecule has 0 saturated heterocycles. The summed E-state index contributed by atoms with van der Waals surface area (Å²) in [4.78, 5) is 15.6. The number of rotatable bonds is 4. The maximum Gasteiger partial charge on any atom is 0.360 e. The van der Waals surface area contributed by atoms with Crippen LogP contribution in [0.1, 0.15) is 35.9 Å². The van der Waals surface area contributed by atoms with Crippen LogP contribution in [0.3, 0.4) is 0 Å². The van der Waals surface area contributed by atoms with Crippen LogP contribution >= 0.6 is 11.3 Å². The van der Waals surface area contributed by atoms with E-state index in [1.165, 1.54) is 0 Å². The standard InChI is InChI=1S/C12H15N3O2S/c1-3-17-12(16)10-11(13)15(7-14-10)8(2)9-4-5-18-6-9/h4-8H,3,13H2,1-2H3. The van der Waals surface area contributed by atoms with E-state index in [-0.39, 0.29) is 11.7 Å². The van der Waals surface area contributed by atoms with Crippen LogP contribution in [-0.2, 0) is 4.74 Å². The predicted molar refractivity (Wildman–Crippen MR) is 70.7 cm³/mol. The van der Waals surface area contributed by atoms with Crippen molar-refractivity contribution in [3.05, 3.63) is 34.4 Å². The number of nitrogens with two attached hydrogens (primary N) is 1. The zero-order valence-electron chi connectivity index (χ0n) is 10.3. The molecule has 0 fully saturated rings. The van der Waals surface area contributed by atoms with Crippen LogP contribution in [0.5, 0.6) is 0 Å². The van der Waals surface area contributed by atoms with Gasteiger partial charge in [-0.3, -0.25) is 0 Å². The Morgan fingerprint density at radius 3 is 3.06 bits per heavy atom. The summed E-state index contributed by atoms with van der Waals surface area (Å²) in [6.45, 7) is 4.07. The predicted octanol–water partition coefficient (Wildman–Crippen LogP) is 2.31. The minimum Gasteiger partial charge on any atom is -0.461 e. The van der Waals surface area contributed by atoms with E-state index in [0.29, 0.717) is 12.4 Å². The molecular formula is C12H15N3O2S. The second kappa shape index (κ2) is 5.22. The number of thiophene rings is 1. The molecule has 1 atom stereocenters. The van der Waals surface area contributed by atoms with Gasteiger partial charge in [-0.2, -0.15) is 11.3 Å². The summed E-state index contributed by atoms with van der Waals surface area (Å²) in [5, 5.41) is 4.05. The largest absolute Gasteiger partial charge is 0.461 e. The first-order valence-electron chi connectivity index (χ1n) is 5.66. The van der Waals surface area contributed by atoms with Crippen LogP contribution in [0.15, 0.2) is 23.2 Å². The zero-order valence-corrected chi connectivity index (χ0v) is 11.1. The lowest BCUT2D eigenvalue weighted by Crippen LogP contribution is -2.12. The summed E-state index contributed by atoms with van der Waals surface area (Å²) >= 11 is 1.62. The lowest BCUT2D eigenvalue weighted by Gasteiger charge is -2.13. The molecule has 0 saturated carbocycles. The quantitative estimate of drug-likeness (QED) is 0.861. The van der Waals surface area contributed by atoms with Crippen LogP contribution in [0.25, 0.3) is 0 Å². The van der Waals surface area contributed by atoms with E-state index < -0.39 is 5.97 Å². The van der Waals surface area contributed by atoms with Crippen molar-refractivity contribution >= 4 is 23.1 Å². The van der Waals surface area contributed by atoms with Crippen molar-refractivity contribution < 1.29 is 9.53 Å². The van der Waals surface area contributed by atoms with Gasteiger partial charge in [0.15, 0.2) is 5.69 Å². The summed E-state index contributed by atoms with van der Waals surface area (Å²) in [5.74, 6) is -0.140. The first kappa shape index (κ1) is 12.6. The lowest BCUT2D eigenvalue weighted by atomic mass is 10.2. The maximum absolute atomic E-state index is 11.6. The van der Waals surface area contributed by atoms with Gasteiger partial charge in [0, 0.05) is 0 Å². The number of nitrogens with zero attached hydrogens (tertiary/aromatic N) is 2. The highest BCUT2D eigenvalue weighted by Gasteiger charge is 2.20. The van der Waals surface area contributed by atoms with Crippen molar-refractivity contribution in [3.8, 4) is 0 Å². The van der Waals surface area contributed by atoms with Gasteiger partial charge in [0.25, 0.3) is 0 Å². The molecule has 0 aliphatic carbocycles. The molecule has 1 unspecified atom stereocenters. The Balaban J connectivity index is 2.28.